The van der Waals surface area contributed by atoms with Crippen LogP contribution in [0.5, 0.6) is 0 Å². The van der Waals surface area contributed by atoms with Gasteiger partial charge in [-0.1, -0.05) is 5.16 Å². The van der Waals surface area contributed by atoms with E-state index in [9.17, 15) is 4.79 Å². The van der Waals surface area contributed by atoms with Crippen LogP contribution in [0.2, 0.25) is 0 Å². The highest BCUT2D eigenvalue weighted by Gasteiger charge is 2.23. The Kier molecular flexibility index (Phi) is 3.63. The average molecular weight is 239 g/mol. The van der Waals surface area contributed by atoms with Crippen LogP contribution < -0.4 is 10.6 Å². The molecule has 1 aliphatic rings. The number of amides is 2. The summed E-state index contributed by atoms with van der Waals surface area (Å²) in [6, 6.07) is 1.36. The molecule has 0 saturated carbocycles. The van der Waals surface area contributed by atoms with Crippen molar-refractivity contribution < 1.29 is 14.1 Å². The second kappa shape index (κ2) is 5.18. The molecule has 1 fully saturated rings. The molecule has 2 N–H and O–H groups in total. The molecule has 2 amide bonds. The number of urea groups is 1. The lowest BCUT2D eigenvalue weighted by Crippen LogP contribution is -2.43. The smallest absolute Gasteiger partial charge is 0.320 e. The topological polar surface area (TPSA) is 76.4 Å². The van der Waals surface area contributed by atoms with E-state index in [1.807, 2.05) is 6.92 Å². The van der Waals surface area contributed by atoms with Gasteiger partial charge in [0.2, 0.25) is 0 Å². The largest absolute Gasteiger partial charge is 0.376 e. The molecule has 0 spiro atoms. The third-order valence-electron chi connectivity index (χ3n) is 2.75. The van der Waals surface area contributed by atoms with Crippen LogP contribution in [0.1, 0.15) is 25.5 Å². The highest BCUT2D eigenvalue weighted by Crippen LogP contribution is 2.15. The van der Waals surface area contributed by atoms with E-state index in [-0.39, 0.29) is 18.2 Å². The second-order valence-corrected chi connectivity index (χ2v) is 4.26. The van der Waals surface area contributed by atoms with Gasteiger partial charge < -0.3 is 14.6 Å². The lowest BCUT2D eigenvalue weighted by molar-refractivity contribution is 0.0868. The summed E-state index contributed by atoms with van der Waals surface area (Å²) in [7, 11) is 0. The van der Waals surface area contributed by atoms with E-state index in [1.165, 1.54) is 0 Å². The van der Waals surface area contributed by atoms with Crippen LogP contribution in [0.3, 0.4) is 0 Å². The van der Waals surface area contributed by atoms with Crippen molar-refractivity contribution in [1.82, 2.24) is 10.5 Å². The van der Waals surface area contributed by atoms with Crippen LogP contribution >= 0.6 is 0 Å². The minimum absolute atomic E-state index is 0.00880. The maximum Gasteiger partial charge on any atom is 0.320 e. The van der Waals surface area contributed by atoms with Crippen LogP contribution in [-0.2, 0) is 4.74 Å². The zero-order valence-electron chi connectivity index (χ0n) is 10.0. The van der Waals surface area contributed by atoms with Crippen LogP contribution in [-0.4, -0.2) is 29.9 Å². The maximum absolute atomic E-state index is 11.6. The molecule has 2 rings (SSSR count). The molecule has 0 aliphatic carbocycles. The maximum atomic E-state index is 11.6. The molecule has 0 unspecified atom stereocenters. The first-order chi connectivity index (χ1) is 8.15. The highest BCUT2D eigenvalue weighted by molar-refractivity contribution is 5.88. The molecule has 17 heavy (non-hydrogen) atoms. The van der Waals surface area contributed by atoms with Crippen molar-refractivity contribution in [3.63, 3.8) is 0 Å². The monoisotopic (exact) mass is 239 g/mol. The first-order valence-electron chi connectivity index (χ1n) is 5.77. The summed E-state index contributed by atoms with van der Waals surface area (Å²) in [5, 5.41) is 9.11. The van der Waals surface area contributed by atoms with E-state index >= 15 is 0 Å². The summed E-state index contributed by atoms with van der Waals surface area (Å²) in [6.07, 6.45) is 2.16. The Morgan fingerprint density at radius 1 is 1.65 bits per heavy atom. The summed E-state index contributed by atoms with van der Waals surface area (Å²) >= 11 is 0. The van der Waals surface area contributed by atoms with Gasteiger partial charge in [-0.15, -0.1) is 0 Å². The first-order valence-corrected chi connectivity index (χ1v) is 5.77. The van der Waals surface area contributed by atoms with Crippen molar-refractivity contribution in [3.05, 3.63) is 11.8 Å². The molecular weight excluding hydrogens is 222 g/mol. The summed E-state index contributed by atoms with van der Waals surface area (Å²) in [5.41, 5.74) is 0. The van der Waals surface area contributed by atoms with Crippen molar-refractivity contribution in [2.75, 3.05) is 11.9 Å². The molecule has 2 heterocycles. The van der Waals surface area contributed by atoms with Gasteiger partial charge in [0, 0.05) is 12.7 Å². The summed E-state index contributed by atoms with van der Waals surface area (Å²) < 4.78 is 10.3. The number of ether oxygens (including phenoxy) is 1. The third-order valence-corrected chi connectivity index (χ3v) is 2.75. The minimum Gasteiger partial charge on any atom is -0.376 e. The molecular formula is C11H17N3O3. The van der Waals surface area contributed by atoms with Crippen molar-refractivity contribution in [1.29, 1.82) is 0 Å². The molecule has 6 heteroatoms. The summed E-state index contributed by atoms with van der Waals surface area (Å²) in [6.45, 7) is 4.48. The van der Waals surface area contributed by atoms with Gasteiger partial charge in [0.15, 0.2) is 5.82 Å². The number of carbonyl (C=O) groups is 1. The van der Waals surface area contributed by atoms with Crippen LogP contribution in [0.25, 0.3) is 0 Å². The Labute approximate surface area is 99.7 Å². The molecule has 2 atom stereocenters. The molecule has 1 saturated heterocycles. The van der Waals surface area contributed by atoms with Crippen molar-refractivity contribution >= 4 is 11.8 Å². The van der Waals surface area contributed by atoms with E-state index in [0.717, 1.165) is 19.4 Å². The number of anilines is 1. The molecule has 6 nitrogen and oxygen atoms in total. The van der Waals surface area contributed by atoms with Crippen LogP contribution in [0, 0.1) is 6.92 Å². The molecule has 1 aliphatic heterocycles. The Bertz CT molecular complexity index is 385. The summed E-state index contributed by atoms with van der Waals surface area (Å²) in [4.78, 5) is 11.6. The van der Waals surface area contributed by atoms with Crippen LogP contribution in [0.4, 0.5) is 10.6 Å². The Morgan fingerprint density at radius 3 is 3.06 bits per heavy atom. The summed E-state index contributed by atoms with van der Waals surface area (Å²) in [5.74, 6) is 1.08. The van der Waals surface area contributed by atoms with Gasteiger partial charge in [0.1, 0.15) is 5.76 Å². The fraction of sp³-hybridized carbons (Fsp3) is 0.636. The number of nitrogens with one attached hydrogen (secondary N) is 2. The molecule has 1 aromatic heterocycles. The van der Waals surface area contributed by atoms with E-state index < -0.39 is 0 Å². The van der Waals surface area contributed by atoms with E-state index in [1.54, 1.807) is 13.0 Å². The fourth-order valence-corrected chi connectivity index (χ4v) is 1.87. The predicted molar refractivity (Wildman–Crippen MR) is 61.8 cm³/mol. The zero-order chi connectivity index (χ0) is 12.3. The molecule has 1 aromatic rings. The van der Waals surface area contributed by atoms with E-state index in [4.69, 9.17) is 9.26 Å². The molecule has 0 radical (unpaired) electrons. The normalized spacial score (nSPS) is 21.2. The SMILES string of the molecule is Cc1cc(NC(=O)N[C@@H](C)[C@H]2CCCO2)no1. The van der Waals surface area contributed by atoms with Gasteiger partial charge in [-0.2, -0.15) is 0 Å². The van der Waals surface area contributed by atoms with Gasteiger partial charge in [-0.3, -0.25) is 5.32 Å². The number of rotatable bonds is 3. The zero-order valence-corrected chi connectivity index (χ0v) is 10.0. The predicted octanol–water partition coefficient (Wildman–Crippen LogP) is 1.67. The third kappa shape index (κ3) is 3.20. The Morgan fingerprint density at radius 2 is 2.47 bits per heavy atom. The number of carbonyl (C=O) groups excluding carboxylic acids is 1. The van der Waals surface area contributed by atoms with Crippen LogP contribution in [0.15, 0.2) is 10.6 Å². The number of hydrogen-bond acceptors (Lipinski definition) is 4. The number of aryl methyl sites for hydroxylation is 1. The van der Waals surface area contributed by atoms with Crippen molar-refractivity contribution in [3.8, 4) is 0 Å². The second-order valence-electron chi connectivity index (χ2n) is 4.26. The van der Waals surface area contributed by atoms with Gasteiger partial charge >= 0.3 is 6.03 Å². The number of nitrogens with zero attached hydrogens (tertiary/aromatic N) is 1. The Hall–Kier alpha value is -1.56. The first kappa shape index (κ1) is 11.9. The molecule has 0 aromatic carbocycles. The van der Waals surface area contributed by atoms with Gasteiger partial charge in [0.25, 0.3) is 0 Å². The molecule has 94 valence electrons. The Balaban J connectivity index is 1.80. The van der Waals surface area contributed by atoms with E-state index in [0.29, 0.717) is 11.6 Å². The average Bonchev–Trinajstić information content (AvgIpc) is 2.89. The highest BCUT2D eigenvalue weighted by atomic mass is 16.5. The van der Waals surface area contributed by atoms with Gasteiger partial charge in [-0.05, 0) is 26.7 Å². The fourth-order valence-electron chi connectivity index (χ4n) is 1.87. The minimum atomic E-state index is -0.290. The van der Waals surface area contributed by atoms with E-state index in [2.05, 4.69) is 15.8 Å². The van der Waals surface area contributed by atoms with Gasteiger partial charge in [-0.25, -0.2) is 4.79 Å². The number of aromatic nitrogens is 1. The number of hydrogen-bond donors (Lipinski definition) is 2. The van der Waals surface area contributed by atoms with Crippen molar-refractivity contribution in [2.24, 2.45) is 0 Å². The lowest BCUT2D eigenvalue weighted by atomic mass is 10.1. The standard InChI is InChI=1S/C11H17N3O3/c1-7-6-10(14-17-7)13-11(15)12-8(2)9-4-3-5-16-9/h6,8-9H,3-5H2,1-2H3,(H2,12,13,14,15)/t8-,9+/m0/s1. The molecule has 0 bridgehead atoms. The lowest BCUT2D eigenvalue weighted by Gasteiger charge is -2.19. The van der Waals surface area contributed by atoms with Gasteiger partial charge in [0.05, 0.1) is 12.1 Å². The quantitative estimate of drug-likeness (QED) is 0.841. The van der Waals surface area contributed by atoms with Crippen molar-refractivity contribution in [2.45, 2.75) is 38.8 Å².